The first-order valence-corrected chi connectivity index (χ1v) is 27.0. The molecule has 0 heterocycles. The van der Waals surface area contributed by atoms with Crippen LogP contribution >= 0.6 is 0 Å². The second-order valence-electron chi connectivity index (χ2n) is 18.6. The lowest BCUT2D eigenvalue weighted by molar-refractivity contribution is -0.181. The molecule has 0 bridgehead atoms. The number of Topliss-reactive ketones (excluding diaryl/α,β-unsaturated/α-hetero) is 3. The second kappa shape index (κ2) is 46.4. The Balaban J connectivity index is 4.86. The lowest BCUT2D eigenvalue weighted by Crippen LogP contribution is -2.63. The van der Waals surface area contributed by atoms with Gasteiger partial charge < -0.3 is 15.3 Å². The van der Waals surface area contributed by atoms with E-state index >= 15 is 0 Å². The fourth-order valence-electron chi connectivity index (χ4n) is 8.26. The molecule has 0 saturated carbocycles. The van der Waals surface area contributed by atoms with E-state index in [1.54, 1.807) is 0 Å². The van der Waals surface area contributed by atoms with Gasteiger partial charge in [0, 0.05) is 19.3 Å². The molecule has 0 fully saturated rings. The van der Waals surface area contributed by atoms with Crippen molar-refractivity contribution in [3.63, 3.8) is 0 Å². The molecule has 0 aromatic heterocycles. The summed E-state index contributed by atoms with van der Waals surface area (Å²) in [6, 6.07) is 0. The standard InChI is InChI=1S/C57H102O6/c1-4-7-10-13-16-19-22-25-28-31-34-37-40-43-46-49-52(58)55(61)57(63,54(60)51-48-45-42-39-36-33-30-27-24-21-18-15-12-9-6-3)56(62)53(59)50-47-44-41-38-35-32-29-26-23-20-17-14-11-8-5-2/h18,21,25-30,55-56,61-63H,4-17,19-20,22-24,31-51H2,1-3H3/b21-18-,28-25-,29-26-,30-27-. The van der Waals surface area contributed by atoms with Crippen LogP contribution in [0.5, 0.6) is 0 Å². The van der Waals surface area contributed by atoms with Gasteiger partial charge in [-0.2, -0.15) is 0 Å². The molecule has 0 rings (SSSR count). The van der Waals surface area contributed by atoms with E-state index in [9.17, 15) is 29.7 Å². The van der Waals surface area contributed by atoms with Crippen LogP contribution in [0.2, 0.25) is 0 Å². The predicted molar refractivity (Wildman–Crippen MR) is 270 cm³/mol. The summed E-state index contributed by atoms with van der Waals surface area (Å²) in [7, 11) is 0. The van der Waals surface area contributed by atoms with E-state index in [2.05, 4.69) is 69.4 Å². The van der Waals surface area contributed by atoms with Gasteiger partial charge in [-0.15, -0.1) is 0 Å². The summed E-state index contributed by atoms with van der Waals surface area (Å²) in [5.74, 6) is -2.18. The zero-order chi connectivity index (χ0) is 46.3. The maximum absolute atomic E-state index is 13.6. The van der Waals surface area contributed by atoms with Crippen LogP contribution in [0.4, 0.5) is 0 Å². The highest BCUT2D eigenvalue weighted by Crippen LogP contribution is 2.26. The van der Waals surface area contributed by atoms with Gasteiger partial charge in [-0.25, -0.2) is 0 Å². The molecule has 0 saturated heterocycles. The summed E-state index contributed by atoms with van der Waals surface area (Å²) >= 11 is 0. The molecule has 2 unspecified atom stereocenters. The number of ketones is 3. The Labute approximate surface area is 389 Å². The monoisotopic (exact) mass is 883 g/mol. The number of aliphatic hydroxyl groups excluding tert-OH is 2. The first-order chi connectivity index (χ1) is 30.8. The van der Waals surface area contributed by atoms with Gasteiger partial charge in [-0.1, -0.05) is 204 Å². The van der Waals surface area contributed by atoms with Crippen LogP contribution < -0.4 is 0 Å². The zero-order valence-corrected chi connectivity index (χ0v) is 41.6. The van der Waals surface area contributed by atoms with Crippen molar-refractivity contribution in [3.8, 4) is 0 Å². The molecular weight excluding hydrogens is 781 g/mol. The van der Waals surface area contributed by atoms with E-state index in [0.717, 1.165) is 122 Å². The maximum atomic E-state index is 13.6. The lowest BCUT2D eigenvalue weighted by Gasteiger charge is -2.34. The highest BCUT2D eigenvalue weighted by molar-refractivity contribution is 6.01. The Kier molecular flexibility index (Phi) is 44.8. The SMILES string of the molecule is CCCCC/C=C\C/C=C\CCCCCCCC(=O)C(O)(C(O)C(=O)CCCCCCC/C=C\CCCCCCCC)C(O)C(=O)CCCCCCC/C=C\CCCCCCCC. The molecule has 366 valence electrons. The Morgan fingerprint density at radius 2 is 0.587 bits per heavy atom. The molecule has 0 amide bonds. The first-order valence-electron chi connectivity index (χ1n) is 27.0. The summed E-state index contributed by atoms with van der Waals surface area (Å²) in [5.41, 5.74) is -2.83. The van der Waals surface area contributed by atoms with Crippen LogP contribution in [0.3, 0.4) is 0 Å². The Bertz CT molecular complexity index is 1110. The molecule has 3 N–H and O–H groups in total. The van der Waals surface area contributed by atoms with Gasteiger partial charge >= 0.3 is 0 Å². The predicted octanol–water partition coefficient (Wildman–Crippen LogP) is 16.0. The molecule has 0 aliphatic heterocycles. The second-order valence-corrected chi connectivity index (χ2v) is 18.6. The molecule has 2 atom stereocenters. The van der Waals surface area contributed by atoms with Crippen LogP contribution in [0.25, 0.3) is 0 Å². The van der Waals surface area contributed by atoms with E-state index in [-0.39, 0.29) is 19.3 Å². The average Bonchev–Trinajstić information content (AvgIpc) is 3.29. The summed E-state index contributed by atoms with van der Waals surface area (Å²) in [5, 5.41) is 34.1. The zero-order valence-electron chi connectivity index (χ0n) is 41.6. The van der Waals surface area contributed by atoms with Crippen molar-refractivity contribution in [3.05, 3.63) is 48.6 Å². The van der Waals surface area contributed by atoms with Crippen molar-refractivity contribution in [1.29, 1.82) is 0 Å². The van der Waals surface area contributed by atoms with Crippen LogP contribution in [-0.2, 0) is 14.4 Å². The van der Waals surface area contributed by atoms with Gasteiger partial charge in [0.2, 0.25) is 0 Å². The Morgan fingerprint density at radius 1 is 0.349 bits per heavy atom. The smallest absolute Gasteiger partial charge is 0.189 e. The highest BCUT2D eigenvalue weighted by atomic mass is 16.4. The van der Waals surface area contributed by atoms with Crippen LogP contribution in [-0.4, -0.2) is 50.5 Å². The quantitative estimate of drug-likeness (QED) is 0.0414. The summed E-state index contributed by atoms with van der Waals surface area (Å²) in [4.78, 5) is 40.2. The van der Waals surface area contributed by atoms with Crippen LogP contribution in [0.15, 0.2) is 48.6 Å². The molecular formula is C57H102O6. The van der Waals surface area contributed by atoms with Crippen LogP contribution in [0.1, 0.15) is 278 Å². The normalized spacial score (nSPS) is 14.1. The lowest BCUT2D eigenvalue weighted by atomic mass is 9.78. The van der Waals surface area contributed by atoms with Gasteiger partial charge in [0.15, 0.2) is 35.2 Å². The number of carbonyl (C=O) groups is 3. The van der Waals surface area contributed by atoms with Gasteiger partial charge in [0.05, 0.1) is 0 Å². The van der Waals surface area contributed by atoms with Crippen molar-refractivity contribution in [1.82, 2.24) is 0 Å². The molecule has 0 spiro atoms. The maximum Gasteiger partial charge on any atom is 0.189 e. The highest BCUT2D eigenvalue weighted by Gasteiger charge is 2.53. The minimum atomic E-state index is -2.83. The third-order valence-electron chi connectivity index (χ3n) is 12.6. The molecule has 0 radical (unpaired) electrons. The Hall–Kier alpha value is -2.15. The summed E-state index contributed by atoms with van der Waals surface area (Å²) in [6.07, 6.45) is 53.9. The topological polar surface area (TPSA) is 112 Å². The molecule has 0 aromatic rings. The van der Waals surface area contributed by atoms with Crippen molar-refractivity contribution in [2.45, 2.75) is 295 Å². The van der Waals surface area contributed by atoms with E-state index in [4.69, 9.17) is 0 Å². The van der Waals surface area contributed by atoms with E-state index in [1.165, 1.54) is 96.3 Å². The van der Waals surface area contributed by atoms with Crippen LogP contribution in [0, 0.1) is 0 Å². The third kappa shape index (κ3) is 35.8. The number of aliphatic hydroxyl groups is 3. The van der Waals surface area contributed by atoms with Crippen molar-refractivity contribution in [2.75, 3.05) is 0 Å². The molecule has 63 heavy (non-hydrogen) atoms. The van der Waals surface area contributed by atoms with E-state index < -0.39 is 35.2 Å². The third-order valence-corrected chi connectivity index (χ3v) is 12.6. The van der Waals surface area contributed by atoms with Crippen molar-refractivity contribution in [2.24, 2.45) is 0 Å². The fourth-order valence-corrected chi connectivity index (χ4v) is 8.26. The van der Waals surface area contributed by atoms with E-state index in [1.807, 2.05) is 0 Å². The minimum Gasteiger partial charge on any atom is -0.382 e. The number of allylic oxidation sites excluding steroid dienone is 8. The number of unbranched alkanes of at least 4 members (excludes halogenated alkanes) is 30. The van der Waals surface area contributed by atoms with Gasteiger partial charge in [-0.05, 0) is 103 Å². The molecule has 0 aliphatic carbocycles. The number of hydrogen-bond acceptors (Lipinski definition) is 6. The number of hydrogen-bond donors (Lipinski definition) is 3. The fraction of sp³-hybridized carbons (Fsp3) is 0.807. The molecule has 6 heteroatoms. The van der Waals surface area contributed by atoms with E-state index in [0.29, 0.717) is 19.3 Å². The van der Waals surface area contributed by atoms with Gasteiger partial charge in [0.1, 0.15) is 0 Å². The van der Waals surface area contributed by atoms with Gasteiger partial charge in [-0.3, -0.25) is 14.4 Å². The molecule has 6 nitrogen and oxygen atoms in total. The molecule has 0 aliphatic rings. The van der Waals surface area contributed by atoms with Crippen molar-refractivity contribution >= 4 is 17.3 Å². The minimum absolute atomic E-state index is 0.00620. The Morgan fingerprint density at radius 3 is 0.921 bits per heavy atom. The number of rotatable bonds is 49. The average molecular weight is 883 g/mol. The summed E-state index contributed by atoms with van der Waals surface area (Å²) < 4.78 is 0. The summed E-state index contributed by atoms with van der Waals surface area (Å²) in [6.45, 7) is 6.71. The number of carbonyl (C=O) groups excluding carboxylic acids is 3. The molecule has 0 aromatic carbocycles. The largest absolute Gasteiger partial charge is 0.382 e. The first kappa shape index (κ1) is 60.9. The van der Waals surface area contributed by atoms with Gasteiger partial charge in [0.25, 0.3) is 0 Å². The van der Waals surface area contributed by atoms with Crippen molar-refractivity contribution < 1.29 is 29.7 Å².